The highest BCUT2D eigenvalue weighted by atomic mass is 79.9. The molecule has 0 saturated carbocycles. The lowest BCUT2D eigenvalue weighted by molar-refractivity contribution is 0.434. The van der Waals surface area contributed by atoms with E-state index in [1.807, 2.05) is 0 Å². The van der Waals surface area contributed by atoms with Crippen LogP contribution in [-0.2, 0) is 0 Å². The van der Waals surface area contributed by atoms with E-state index >= 15 is 0 Å². The minimum absolute atomic E-state index is 0.0315. The van der Waals surface area contributed by atoms with Crippen molar-refractivity contribution in [2.45, 2.75) is 0 Å². The van der Waals surface area contributed by atoms with E-state index in [2.05, 4.69) is 31.4 Å². The molecule has 7 heteroatoms. The fraction of sp³-hybridized carbons (Fsp3) is 0.111. The highest BCUT2D eigenvalue weighted by Gasteiger charge is 2.16. The van der Waals surface area contributed by atoms with Crippen LogP contribution in [0.5, 0.6) is 0 Å². The van der Waals surface area contributed by atoms with Crippen LogP contribution in [-0.4, -0.2) is 17.2 Å². The molecule has 0 spiro atoms. The van der Waals surface area contributed by atoms with Gasteiger partial charge >= 0.3 is 6.01 Å². The third-order valence-electron chi connectivity index (χ3n) is 1.92. The average Bonchev–Trinajstić information content (AvgIpc) is 2.74. The Morgan fingerprint density at radius 2 is 2.12 bits per heavy atom. The number of hydrogen-bond acceptors (Lipinski definition) is 4. The topological polar surface area (TPSA) is 51.0 Å². The highest BCUT2D eigenvalue weighted by molar-refractivity contribution is 9.10. The summed E-state index contributed by atoms with van der Waals surface area (Å²) in [6.45, 7) is 0. The SMILES string of the molecule is CNc1nc(-c2ccc(F)c(F)c2Br)no1. The van der Waals surface area contributed by atoms with Gasteiger partial charge in [0, 0.05) is 12.6 Å². The molecule has 2 aromatic rings. The quantitative estimate of drug-likeness (QED) is 0.864. The van der Waals surface area contributed by atoms with Gasteiger partial charge in [-0.1, -0.05) is 5.16 Å². The summed E-state index contributed by atoms with van der Waals surface area (Å²) >= 11 is 2.94. The van der Waals surface area contributed by atoms with Crippen LogP contribution >= 0.6 is 15.9 Å². The second-order valence-corrected chi connectivity index (χ2v) is 3.69. The van der Waals surface area contributed by atoms with Crippen LogP contribution in [0.3, 0.4) is 0 Å². The largest absolute Gasteiger partial charge is 0.341 e. The summed E-state index contributed by atoms with van der Waals surface area (Å²) in [7, 11) is 1.61. The zero-order chi connectivity index (χ0) is 11.7. The van der Waals surface area contributed by atoms with Gasteiger partial charge in [0.1, 0.15) is 0 Å². The highest BCUT2D eigenvalue weighted by Crippen LogP contribution is 2.30. The normalized spacial score (nSPS) is 10.5. The molecule has 16 heavy (non-hydrogen) atoms. The molecule has 0 fully saturated rings. The molecule has 84 valence electrons. The Bertz CT molecular complexity index is 529. The molecule has 1 heterocycles. The van der Waals surface area contributed by atoms with Crippen LogP contribution in [0.25, 0.3) is 11.4 Å². The summed E-state index contributed by atoms with van der Waals surface area (Å²) in [4.78, 5) is 3.92. The number of benzene rings is 1. The van der Waals surface area contributed by atoms with Gasteiger partial charge in [0.05, 0.1) is 4.47 Å². The van der Waals surface area contributed by atoms with Crippen LogP contribution in [0, 0.1) is 11.6 Å². The molecular formula is C9H6BrF2N3O. The van der Waals surface area contributed by atoms with Gasteiger partial charge in [-0.2, -0.15) is 4.98 Å². The lowest BCUT2D eigenvalue weighted by Gasteiger charge is -2.00. The summed E-state index contributed by atoms with van der Waals surface area (Å²) in [6, 6.07) is 2.57. The van der Waals surface area contributed by atoms with Crippen molar-refractivity contribution in [1.82, 2.24) is 10.1 Å². The zero-order valence-corrected chi connectivity index (χ0v) is 9.68. The second kappa shape index (κ2) is 4.17. The number of rotatable bonds is 2. The molecule has 2 rings (SSSR count). The lowest BCUT2D eigenvalue weighted by atomic mass is 10.2. The maximum absolute atomic E-state index is 13.2. The van der Waals surface area contributed by atoms with Crippen LogP contribution < -0.4 is 5.32 Å². The summed E-state index contributed by atoms with van der Waals surface area (Å²) < 4.78 is 30.9. The number of nitrogens with zero attached hydrogens (tertiary/aromatic N) is 2. The van der Waals surface area contributed by atoms with Gasteiger partial charge in [0.15, 0.2) is 11.6 Å². The molecule has 0 aliphatic rings. The first kappa shape index (κ1) is 11.0. The molecule has 0 bridgehead atoms. The first-order chi connectivity index (χ1) is 7.63. The van der Waals surface area contributed by atoms with Crippen LogP contribution in [0.4, 0.5) is 14.8 Å². The van der Waals surface area contributed by atoms with Crippen LogP contribution in [0.1, 0.15) is 0 Å². The third-order valence-corrected chi connectivity index (χ3v) is 2.69. The fourth-order valence-corrected chi connectivity index (χ4v) is 1.63. The molecular weight excluding hydrogens is 284 g/mol. The molecule has 0 amide bonds. The molecule has 4 nitrogen and oxygen atoms in total. The number of anilines is 1. The number of nitrogens with one attached hydrogen (secondary N) is 1. The first-order valence-electron chi connectivity index (χ1n) is 4.29. The van der Waals surface area contributed by atoms with Gasteiger partial charge in [-0.3, -0.25) is 0 Å². The maximum Gasteiger partial charge on any atom is 0.321 e. The van der Waals surface area contributed by atoms with Gasteiger partial charge < -0.3 is 9.84 Å². The average molecular weight is 290 g/mol. The van der Waals surface area contributed by atoms with E-state index in [-0.39, 0.29) is 16.3 Å². The lowest BCUT2D eigenvalue weighted by Crippen LogP contribution is -1.91. The molecule has 0 aliphatic heterocycles. The van der Waals surface area contributed by atoms with Crippen molar-refractivity contribution < 1.29 is 13.3 Å². The van der Waals surface area contributed by atoms with E-state index < -0.39 is 11.6 Å². The predicted octanol–water partition coefficient (Wildman–Crippen LogP) is 2.82. The van der Waals surface area contributed by atoms with Crippen molar-refractivity contribution in [2.24, 2.45) is 0 Å². The Labute approximate surface area is 97.8 Å². The van der Waals surface area contributed by atoms with Crippen molar-refractivity contribution in [3.63, 3.8) is 0 Å². The van der Waals surface area contributed by atoms with Crippen molar-refractivity contribution in [1.29, 1.82) is 0 Å². The molecule has 0 unspecified atom stereocenters. The monoisotopic (exact) mass is 289 g/mol. The molecule has 1 aromatic heterocycles. The Hall–Kier alpha value is -1.50. The van der Waals surface area contributed by atoms with E-state index in [1.54, 1.807) is 7.05 Å². The van der Waals surface area contributed by atoms with Gasteiger partial charge in [0.2, 0.25) is 5.82 Å². The molecule has 1 N–H and O–H groups in total. The van der Waals surface area contributed by atoms with E-state index in [0.717, 1.165) is 6.07 Å². The minimum Gasteiger partial charge on any atom is -0.341 e. The summed E-state index contributed by atoms with van der Waals surface area (Å²) in [5.74, 6) is -1.74. The molecule has 0 atom stereocenters. The van der Waals surface area contributed by atoms with E-state index in [0.29, 0.717) is 5.56 Å². The van der Waals surface area contributed by atoms with Crippen LogP contribution in [0.2, 0.25) is 0 Å². The van der Waals surface area contributed by atoms with Gasteiger partial charge in [-0.05, 0) is 28.1 Å². The van der Waals surface area contributed by atoms with E-state index in [9.17, 15) is 8.78 Å². The molecule has 0 saturated heterocycles. The third kappa shape index (κ3) is 1.78. The Morgan fingerprint density at radius 3 is 2.75 bits per heavy atom. The molecule has 0 radical (unpaired) electrons. The number of hydrogen-bond donors (Lipinski definition) is 1. The number of aromatic nitrogens is 2. The van der Waals surface area contributed by atoms with Gasteiger partial charge in [0.25, 0.3) is 0 Å². The second-order valence-electron chi connectivity index (χ2n) is 2.90. The zero-order valence-electron chi connectivity index (χ0n) is 8.09. The van der Waals surface area contributed by atoms with Gasteiger partial charge in [-0.15, -0.1) is 0 Å². The van der Waals surface area contributed by atoms with Crippen molar-refractivity contribution in [3.05, 3.63) is 28.2 Å². The smallest absolute Gasteiger partial charge is 0.321 e. The summed E-state index contributed by atoms with van der Waals surface area (Å²) in [5, 5.41) is 6.26. The summed E-state index contributed by atoms with van der Waals surface area (Å²) in [6.07, 6.45) is 0. The fourth-order valence-electron chi connectivity index (χ4n) is 1.13. The number of halogens is 3. The Balaban J connectivity index is 2.52. The van der Waals surface area contributed by atoms with Crippen molar-refractivity contribution >= 4 is 21.9 Å². The van der Waals surface area contributed by atoms with E-state index in [1.165, 1.54) is 6.07 Å². The Morgan fingerprint density at radius 1 is 1.38 bits per heavy atom. The minimum atomic E-state index is -0.978. The first-order valence-corrected chi connectivity index (χ1v) is 5.08. The summed E-state index contributed by atoms with van der Waals surface area (Å²) in [5.41, 5.74) is 0.323. The Kier molecular flexibility index (Phi) is 2.86. The maximum atomic E-state index is 13.2. The standard InChI is InChI=1S/C9H6BrF2N3O/c1-13-9-14-8(15-16-9)4-2-3-5(11)7(12)6(4)10/h2-3H,1H3,(H,13,14,15). The molecule has 0 aliphatic carbocycles. The molecule has 1 aromatic carbocycles. The predicted molar refractivity (Wildman–Crippen MR) is 56.9 cm³/mol. The van der Waals surface area contributed by atoms with Gasteiger partial charge in [-0.25, -0.2) is 8.78 Å². The van der Waals surface area contributed by atoms with Crippen LogP contribution in [0.15, 0.2) is 21.1 Å². The van der Waals surface area contributed by atoms with Crippen molar-refractivity contribution in [3.8, 4) is 11.4 Å². The van der Waals surface area contributed by atoms with Crippen molar-refractivity contribution in [2.75, 3.05) is 12.4 Å². The van der Waals surface area contributed by atoms with E-state index in [4.69, 9.17) is 4.52 Å².